The Hall–Kier alpha value is -1.79. The molecule has 2 atom stereocenters. The summed E-state index contributed by atoms with van der Waals surface area (Å²) < 4.78 is 11.1. The van der Waals surface area contributed by atoms with E-state index in [0.717, 1.165) is 25.7 Å². The molecule has 2 heterocycles. The van der Waals surface area contributed by atoms with Gasteiger partial charge in [-0.1, -0.05) is 11.6 Å². The van der Waals surface area contributed by atoms with Crippen molar-refractivity contribution in [2.75, 3.05) is 19.7 Å². The first-order chi connectivity index (χ1) is 12.5. The highest BCUT2D eigenvalue weighted by atomic mass is 35.5. The van der Waals surface area contributed by atoms with E-state index in [1.165, 1.54) is 0 Å². The van der Waals surface area contributed by atoms with E-state index in [4.69, 9.17) is 21.1 Å². The standard InChI is InChI=1S/C19H25ClN2O4/c1-13(26-16-6-4-14(20)5-7-16)18(23)21-15-8-10-22(11-9-15)19(24)17-3-2-12-25-17/h4-7,13,15,17H,2-3,8-12H2,1H3,(H,21,23). The zero-order chi connectivity index (χ0) is 18.5. The van der Waals surface area contributed by atoms with Crippen LogP contribution >= 0.6 is 11.6 Å². The maximum atomic E-state index is 12.3. The molecule has 142 valence electrons. The lowest BCUT2D eigenvalue weighted by Crippen LogP contribution is -2.50. The number of amides is 2. The van der Waals surface area contributed by atoms with Gasteiger partial charge in [0.2, 0.25) is 0 Å². The van der Waals surface area contributed by atoms with Crippen LogP contribution in [0.5, 0.6) is 5.75 Å². The first-order valence-corrected chi connectivity index (χ1v) is 9.53. The van der Waals surface area contributed by atoms with Crippen LogP contribution in [0.25, 0.3) is 0 Å². The molecule has 2 aliphatic rings. The monoisotopic (exact) mass is 380 g/mol. The lowest BCUT2D eigenvalue weighted by molar-refractivity contribution is -0.142. The third-order valence-electron chi connectivity index (χ3n) is 4.85. The molecule has 0 radical (unpaired) electrons. The van der Waals surface area contributed by atoms with Crippen LogP contribution in [0.3, 0.4) is 0 Å². The first-order valence-electron chi connectivity index (χ1n) is 9.16. The molecule has 2 saturated heterocycles. The predicted octanol–water partition coefficient (Wildman–Crippen LogP) is 2.39. The molecule has 2 fully saturated rings. The van der Waals surface area contributed by atoms with E-state index in [0.29, 0.717) is 30.5 Å². The number of piperidine rings is 1. The molecule has 0 aliphatic carbocycles. The van der Waals surface area contributed by atoms with Gasteiger partial charge >= 0.3 is 0 Å². The van der Waals surface area contributed by atoms with Crippen molar-refractivity contribution in [2.24, 2.45) is 0 Å². The zero-order valence-electron chi connectivity index (χ0n) is 14.9. The van der Waals surface area contributed by atoms with Crippen LogP contribution in [-0.4, -0.2) is 54.7 Å². The quantitative estimate of drug-likeness (QED) is 0.851. The minimum atomic E-state index is -0.595. The summed E-state index contributed by atoms with van der Waals surface area (Å²) in [5, 5.41) is 3.64. The number of rotatable bonds is 5. The molecule has 2 aliphatic heterocycles. The van der Waals surface area contributed by atoms with Crippen molar-refractivity contribution in [3.63, 3.8) is 0 Å². The fourth-order valence-electron chi connectivity index (χ4n) is 3.31. The summed E-state index contributed by atoms with van der Waals surface area (Å²) in [5.74, 6) is 0.546. The topological polar surface area (TPSA) is 67.9 Å². The lowest BCUT2D eigenvalue weighted by Gasteiger charge is -2.34. The Balaban J connectivity index is 1.42. The van der Waals surface area contributed by atoms with E-state index in [2.05, 4.69) is 5.32 Å². The largest absolute Gasteiger partial charge is 0.481 e. The number of ether oxygens (including phenoxy) is 2. The van der Waals surface area contributed by atoms with Crippen LogP contribution in [0.15, 0.2) is 24.3 Å². The number of nitrogens with zero attached hydrogens (tertiary/aromatic N) is 1. The van der Waals surface area contributed by atoms with Gasteiger partial charge in [0, 0.05) is 30.8 Å². The molecule has 2 unspecified atom stereocenters. The predicted molar refractivity (Wildman–Crippen MR) is 98.3 cm³/mol. The average Bonchev–Trinajstić information content (AvgIpc) is 3.18. The summed E-state index contributed by atoms with van der Waals surface area (Å²) in [5.41, 5.74) is 0. The Bertz CT molecular complexity index is 623. The van der Waals surface area contributed by atoms with Crippen molar-refractivity contribution in [1.29, 1.82) is 0 Å². The number of benzene rings is 1. The fraction of sp³-hybridized carbons (Fsp3) is 0.579. The van der Waals surface area contributed by atoms with E-state index in [-0.39, 0.29) is 24.0 Å². The number of hydrogen-bond acceptors (Lipinski definition) is 4. The summed E-state index contributed by atoms with van der Waals surface area (Å²) in [6.45, 7) is 3.70. The molecule has 1 aromatic rings. The Morgan fingerprint density at radius 2 is 1.92 bits per heavy atom. The smallest absolute Gasteiger partial charge is 0.260 e. The van der Waals surface area contributed by atoms with Gasteiger partial charge in [0.05, 0.1) is 0 Å². The highest BCUT2D eigenvalue weighted by molar-refractivity contribution is 6.30. The average molecular weight is 381 g/mol. The number of carbonyl (C=O) groups is 2. The number of halogens is 1. The molecule has 0 spiro atoms. The summed E-state index contributed by atoms with van der Waals surface area (Å²) in [6, 6.07) is 6.99. The summed E-state index contributed by atoms with van der Waals surface area (Å²) in [4.78, 5) is 26.5. The summed E-state index contributed by atoms with van der Waals surface area (Å²) >= 11 is 5.84. The van der Waals surface area contributed by atoms with Crippen molar-refractivity contribution in [2.45, 2.75) is 50.9 Å². The Labute approximate surface area is 158 Å². The van der Waals surface area contributed by atoms with Crippen LogP contribution in [-0.2, 0) is 14.3 Å². The van der Waals surface area contributed by atoms with Gasteiger partial charge in [0.1, 0.15) is 11.9 Å². The van der Waals surface area contributed by atoms with E-state index in [1.807, 2.05) is 4.90 Å². The van der Waals surface area contributed by atoms with E-state index in [1.54, 1.807) is 31.2 Å². The van der Waals surface area contributed by atoms with Gasteiger partial charge < -0.3 is 19.7 Å². The molecule has 1 aromatic carbocycles. The van der Waals surface area contributed by atoms with Crippen LogP contribution < -0.4 is 10.1 Å². The molecule has 2 amide bonds. The molecular weight excluding hydrogens is 356 g/mol. The van der Waals surface area contributed by atoms with Crippen molar-refractivity contribution >= 4 is 23.4 Å². The Morgan fingerprint density at radius 3 is 2.54 bits per heavy atom. The van der Waals surface area contributed by atoms with Gasteiger partial charge in [0.25, 0.3) is 11.8 Å². The Morgan fingerprint density at radius 1 is 1.23 bits per heavy atom. The van der Waals surface area contributed by atoms with Crippen LogP contribution in [0.1, 0.15) is 32.6 Å². The van der Waals surface area contributed by atoms with Gasteiger partial charge in [-0.05, 0) is 56.9 Å². The number of likely N-dealkylation sites (tertiary alicyclic amines) is 1. The van der Waals surface area contributed by atoms with Crippen LogP contribution in [0, 0.1) is 0 Å². The molecule has 3 rings (SSSR count). The molecule has 6 nitrogen and oxygen atoms in total. The third-order valence-corrected chi connectivity index (χ3v) is 5.11. The SMILES string of the molecule is CC(Oc1ccc(Cl)cc1)C(=O)NC1CCN(C(=O)C2CCCO2)CC1. The second-order valence-corrected chi connectivity index (χ2v) is 7.26. The number of nitrogens with one attached hydrogen (secondary N) is 1. The lowest BCUT2D eigenvalue weighted by atomic mass is 10.0. The third kappa shape index (κ3) is 4.89. The van der Waals surface area contributed by atoms with E-state index >= 15 is 0 Å². The van der Waals surface area contributed by atoms with Crippen molar-refractivity contribution in [1.82, 2.24) is 10.2 Å². The highest BCUT2D eigenvalue weighted by Gasteiger charge is 2.31. The Kier molecular flexibility index (Phi) is 6.38. The summed E-state index contributed by atoms with van der Waals surface area (Å²) in [6.07, 6.45) is 2.40. The minimum absolute atomic E-state index is 0.0623. The van der Waals surface area contributed by atoms with E-state index < -0.39 is 6.10 Å². The molecular formula is C19H25ClN2O4. The van der Waals surface area contributed by atoms with Crippen LogP contribution in [0.2, 0.25) is 5.02 Å². The second kappa shape index (κ2) is 8.73. The molecule has 0 saturated carbocycles. The first kappa shape index (κ1) is 19.0. The minimum Gasteiger partial charge on any atom is -0.481 e. The maximum absolute atomic E-state index is 12.3. The highest BCUT2D eigenvalue weighted by Crippen LogP contribution is 2.19. The van der Waals surface area contributed by atoms with Crippen LogP contribution in [0.4, 0.5) is 0 Å². The number of hydrogen-bond donors (Lipinski definition) is 1. The molecule has 26 heavy (non-hydrogen) atoms. The maximum Gasteiger partial charge on any atom is 0.260 e. The number of carbonyl (C=O) groups excluding carboxylic acids is 2. The van der Waals surface area contributed by atoms with Crippen molar-refractivity contribution in [3.05, 3.63) is 29.3 Å². The normalized spacial score (nSPS) is 22.1. The van der Waals surface area contributed by atoms with Gasteiger partial charge in [0.15, 0.2) is 6.10 Å². The fourth-order valence-corrected chi connectivity index (χ4v) is 3.44. The van der Waals surface area contributed by atoms with Crippen molar-refractivity contribution in [3.8, 4) is 5.75 Å². The second-order valence-electron chi connectivity index (χ2n) is 6.82. The van der Waals surface area contributed by atoms with E-state index in [9.17, 15) is 9.59 Å². The van der Waals surface area contributed by atoms with Gasteiger partial charge in [-0.3, -0.25) is 9.59 Å². The van der Waals surface area contributed by atoms with Gasteiger partial charge in [-0.25, -0.2) is 0 Å². The summed E-state index contributed by atoms with van der Waals surface area (Å²) in [7, 11) is 0. The molecule has 0 bridgehead atoms. The van der Waals surface area contributed by atoms with Gasteiger partial charge in [-0.15, -0.1) is 0 Å². The van der Waals surface area contributed by atoms with Gasteiger partial charge in [-0.2, -0.15) is 0 Å². The molecule has 0 aromatic heterocycles. The molecule has 1 N–H and O–H groups in total. The molecule has 7 heteroatoms. The zero-order valence-corrected chi connectivity index (χ0v) is 15.7. The van der Waals surface area contributed by atoms with Crippen molar-refractivity contribution < 1.29 is 19.1 Å².